The minimum Gasteiger partial charge on any atom is -0.289 e. The molecule has 0 aliphatic heterocycles. The molecule has 0 aromatic heterocycles. The SMILES string of the molecule is N=C(Cl)/C=C(\Cl)C1CC1. The highest BCUT2D eigenvalue weighted by Gasteiger charge is 2.24. The van der Waals surface area contributed by atoms with Crippen LogP contribution in [0.5, 0.6) is 0 Å². The molecule has 1 aliphatic carbocycles. The van der Waals surface area contributed by atoms with Gasteiger partial charge in [-0.1, -0.05) is 23.2 Å². The van der Waals surface area contributed by atoms with Crippen molar-refractivity contribution in [3.63, 3.8) is 0 Å². The molecule has 0 aromatic carbocycles. The first-order chi connectivity index (χ1) is 4.20. The van der Waals surface area contributed by atoms with E-state index < -0.39 is 0 Å². The monoisotopic (exact) mass is 163 g/mol. The van der Waals surface area contributed by atoms with Crippen LogP contribution in [0.1, 0.15) is 12.8 Å². The van der Waals surface area contributed by atoms with E-state index in [1.165, 1.54) is 6.08 Å². The Morgan fingerprint density at radius 3 is 2.33 bits per heavy atom. The molecule has 0 amide bonds. The maximum absolute atomic E-state index is 6.85. The predicted molar refractivity (Wildman–Crippen MR) is 40.2 cm³/mol. The van der Waals surface area contributed by atoms with Gasteiger partial charge in [-0.3, -0.25) is 5.41 Å². The second-order valence-electron chi connectivity index (χ2n) is 2.15. The minimum atomic E-state index is 0.0203. The Balaban J connectivity index is 2.47. The van der Waals surface area contributed by atoms with Gasteiger partial charge in [0.2, 0.25) is 0 Å². The van der Waals surface area contributed by atoms with Crippen LogP contribution in [0.2, 0.25) is 0 Å². The van der Waals surface area contributed by atoms with Crippen LogP contribution in [0.4, 0.5) is 0 Å². The van der Waals surface area contributed by atoms with Crippen molar-refractivity contribution in [2.24, 2.45) is 5.92 Å². The van der Waals surface area contributed by atoms with Crippen LogP contribution in [0.3, 0.4) is 0 Å². The molecule has 3 heteroatoms. The van der Waals surface area contributed by atoms with E-state index in [9.17, 15) is 0 Å². The van der Waals surface area contributed by atoms with Gasteiger partial charge in [-0.15, -0.1) is 0 Å². The summed E-state index contributed by atoms with van der Waals surface area (Å²) in [7, 11) is 0. The fourth-order valence-corrected chi connectivity index (χ4v) is 1.10. The van der Waals surface area contributed by atoms with Gasteiger partial charge in [0, 0.05) is 5.03 Å². The third kappa shape index (κ3) is 2.37. The third-order valence-corrected chi connectivity index (χ3v) is 1.76. The van der Waals surface area contributed by atoms with Crippen molar-refractivity contribution in [3.05, 3.63) is 11.1 Å². The van der Waals surface area contributed by atoms with Crippen molar-refractivity contribution in [1.29, 1.82) is 5.41 Å². The second-order valence-corrected chi connectivity index (χ2v) is 3.00. The third-order valence-electron chi connectivity index (χ3n) is 1.23. The van der Waals surface area contributed by atoms with Crippen LogP contribution < -0.4 is 0 Å². The van der Waals surface area contributed by atoms with Crippen LogP contribution in [0.15, 0.2) is 11.1 Å². The van der Waals surface area contributed by atoms with Gasteiger partial charge in [-0.2, -0.15) is 0 Å². The number of halogens is 2. The topological polar surface area (TPSA) is 23.9 Å². The zero-order valence-electron chi connectivity index (χ0n) is 4.82. The Morgan fingerprint density at radius 2 is 2.00 bits per heavy atom. The van der Waals surface area contributed by atoms with E-state index in [0.29, 0.717) is 5.92 Å². The van der Waals surface area contributed by atoms with Crippen LogP contribution in [-0.2, 0) is 0 Å². The maximum atomic E-state index is 6.85. The van der Waals surface area contributed by atoms with Gasteiger partial charge in [0.15, 0.2) is 0 Å². The first-order valence-corrected chi connectivity index (χ1v) is 3.57. The van der Waals surface area contributed by atoms with Crippen LogP contribution >= 0.6 is 23.2 Å². The number of rotatable bonds is 2. The lowest BCUT2D eigenvalue weighted by Gasteiger charge is -1.88. The molecule has 1 N–H and O–H groups in total. The Morgan fingerprint density at radius 1 is 1.44 bits per heavy atom. The number of hydrogen-bond acceptors (Lipinski definition) is 1. The molecule has 0 heterocycles. The summed E-state index contributed by atoms with van der Waals surface area (Å²) in [5.74, 6) is 0.505. The molecule has 50 valence electrons. The minimum absolute atomic E-state index is 0.0203. The van der Waals surface area contributed by atoms with Crippen LogP contribution in [0.25, 0.3) is 0 Å². The molecule has 9 heavy (non-hydrogen) atoms. The summed E-state index contributed by atoms with van der Waals surface area (Å²) in [5.41, 5.74) is 0. The van der Waals surface area contributed by atoms with Gasteiger partial charge in [-0.05, 0) is 24.8 Å². The van der Waals surface area contributed by atoms with E-state index in [1.807, 2.05) is 0 Å². The van der Waals surface area contributed by atoms with E-state index in [1.54, 1.807) is 0 Å². The van der Waals surface area contributed by atoms with Crippen LogP contribution in [0, 0.1) is 11.3 Å². The molecular weight excluding hydrogens is 157 g/mol. The molecule has 1 aliphatic rings. The average Bonchev–Trinajstić information content (AvgIpc) is 2.40. The van der Waals surface area contributed by atoms with Gasteiger partial charge in [0.25, 0.3) is 0 Å². The van der Waals surface area contributed by atoms with E-state index in [2.05, 4.69) is 0 Å². The average molecular weight is 164 g/mol. The molecular formula is C6H7Cl2N. The van der Waals surface area contributed by atoms with Gasteiger partial charge in [0.05, 0.1) is 0 Å². The summed E-state index contributed by atoms with van der Waals surface area (Å²) in [6, 6.07) is 0. The fourth-order valence-electron chi connectivity index (χ4n) is 0.598. The Labute approximate surface area is 64.2 Å². The lowest BCUT2D eigenvalue weighted by atomic mass is 10.4. The largest absolute Gasteiger partial charge is 0.289 e. The molecule has 0 unspecified atom stereocenters. The van der Waals surface area contributed by atoms with E-state index in [-0.39, 0.29) is 5.17 Å². The first kappa shape index (κ1) is 7.10. The number of allylic oxidation sites excluding steroid dienone is 2. The Kier molecular flexibility index (Phi) is 2.14. The predicted octanol–water partition coefficient (Wildman–Crippen LogP) is 2.74. The molecule has 1 saturated carbocycles. The molecule has 0 spiro atoms. The van der Waals surface area contributed by atoms with Gasteiger partial charge in [0.1, 0.15) is 5.17 Å². The van der Waals surface area contributed by atoms with Crippen molar-refractivity contribution < 1.29 is 0 Å². The van der Waals surface area contributed by atoms with E-state index in [0.717, 1.165) is 17.9 Å². The van der Waals surface area contributed by atoms with Gasteiger partial charge in [-0.25, -0.2) is 0 Å². The molecule has 0 atom stereocenters. The fraction of sp³-hybridized carbons (Fsp3) is 0.500. The Bertz CT molecular complexity index is 158. The lowest BCUT2D eigenvalue weighted by Crippen LogP contribution is -1.79. The maximum Gasteiger partial charge on any atom is 0.121 e. The standard InChI is InChI=1S/C6H7Cl2N/c7-5(3-6(8)9)4-1-2-4/h3-4,9H,1-2H2/b5-3-,9-6?. The molecule has 0 saturated heterocycles. The summed E-state index contributed by atoms with van der Waals surface area (Å²) in [5, 5.41) is 7.60. The summed E-state index contributed by atoms with van der Waals surface area (Å²) in [4.78, 5) is 0. The van der Waals surface area contributed by atoms with E-state index in [4.69, 9.17) is 28.6 Å². The zero-order chi connectivity index (χ0) is 6.85. The summed E-state index contributed by atoms with van der Waals surface area (Å²) in [6.07, 6.45) is 3.81. The molecule has 1 rings (SSSR count). The summed E-state index contributed by atoms with van der Waals surface area (Å²) < 4.78 is 0. The highest BCUT2D eigenvalue weighted by Crippen LogP contribution is 2.38. The highest BCUT2D eigenvalue weighted by atomic mass is 35.5. The quantitative estimate of drug-likeness (QED) is 0.606. The summed E-state index contributed by atoms with van der Waals surface area (Å²) in [6.45, 7) is 0. The molecule has 1 fully saturated rings. The molecule has 0 aromatic rings. The van der Waals surface area contributed by atoms with Crippen LogP contribution in [-0.4, -0.2) is 5.17 Å². The lowest BCUT2D eigenvalue weighted by molar-refractivity contribution is 1.10. The molecule has 1 nitrogen and oxygen atoms in total. The van der Waals surface area contributed by atoms with Crippen molar-refractivity contribution in [3.8, 4) is 0 Å². The zero-order valence-corrected chi connectivity index (χ0v) is 6.34. The molecule has 0 bridgehead atoms. The van der Waals surface area contributed by atoms with Crippen molar-refractivity contribution in [2.75, 3.05) is 0 Å². The normalized spacial score (nSPS) is 20.0. The van der Waals surface area contributed by atoms with Crippen molar-refractivity contribution in [1.82, 2.24) is 0 Å². The Hall–Kier alpha value is -0.0100. The van der Waals surface area contributed by atoms with Crippen molar-refractivity contribution in [2.45, 2.75) is 12.8 Å². The highest BCUT2D eigenvalue weighted by molar-refractivity contribution is 6.68. The summed E-state index contributed by atoms with van der Waals surface area (Å²) >= 11 is 11.0. The molecule has 0 radical (unpaired) electrons. The first-order valence-electron chi connectivity index (χ1n) is 2.81. The smallest absolute Gasteiger partial charge is 0.121 e. The van der Waals surface area contributed by atoms with Gasteiger partial charge >= 0.3 is 0 Å². The number of hydrogen-bond donors (Lipinski definition) is 1. The van der Waals surface area contributed by atoms with Crippen molar-refractivity contribution >= 4 is 28.4 Å². The van der Waals surface area contributed by atoms with E-state index >= 15 is 0 Å². The van der Waals surface area contributed by atoms with Gasteiger partial charge < -0.3 is 0 Å². The number of nitrogens with one attached hydrogen (secondary N) is 1. The second kappa shape index (κ2) is 2.72.